The Bertz CT molecular complexity index is 147. The van der Waals surface area contributed by atoms with E-state index in [9.17, 15) is 4.79 Å². The normalized spacial score (nSPS) is 11.2. The average Bonchev–Trinajstić information content (AvgIpc) is 2.01. The number of carboxylic acid groups (broad SMARTS) is 1. The average molecular weight is 175 g/mol. The largest absolute Gasteiger partial charge is 0.478 e. The van der Waals surface area contributed by atoms with E-state index in [0.717, 1.165) is 6.08 Å². The number of carboxylic acids is 1. The summed E-state index contributed by atoms with van der Waals surface area (Å²) in [7, 11) is 0. The first-order chi connectivity index (χ1) is 5.70. The second kappa shape index (κ2) is 6.82. The molecule has 0 aromatic carbocycles. The van der Waals surface area contributed by atoms with E-state index in [4.69, 9.17) is 14.6 Å². The van der Waals surface area contributed by atoms with Crippen LogP contribution in [0, 0.1) is 0 Å². The fraction of sp³-hybridized carbons (Fsp3) is 0.625. The minimum atomic E-state index is -1.00. The maximum absolute atomic E-state index is 10.1. The first-order valence-corrected chi connectivity index (χ1v) is 3.85. The van der Waals surface area contributed by atoms with E-state index in [1.807, 2.05) is 13.8 Å². The van der Waals surface area contributed by atoms with Crippen LogP contribution >= 0.6 is 0 Å². The highest BCUT2D eigenvalue weighted by molar-refractivity contribution is 5.79. The molecule has 12 heavy (non-hydrogen) atoms. The molecule has 0 bridgehead atoms. The number of aliphatic carboxylic acids is 1. The molecule has 0 aliphatic heterocycles. The van der Waals surface area contributed by atoms with Gasteiger partial charge in [0, 0.05) is 19.3 Å². The predicted octanol–water partition coefficient (Wildman–Crippen LogP) is 1.03. The van der Waals surface area contributed by atoms with Gasteiger partial charge in [-0.2, -0.15) is 0 Å². The molecule has 1 N–H and O–H groups in total. The molecule has 0 aromatic rings. The van der Waals surface area contributed by atoms with E-state index >= 15 is 0 Å². The minimum Gasteiger partial charge on any atom is -0.478 e. The zero-order valence-electron chi connectivity index (χ0n) is 7.32. The molecule has 0 rings (SSSR count). The molecule has 0 atom stereocenters. The van der Waals surface area contributed by atoms with E-state index in [1.165, 1.54) is 6.08 Å². The fourth-order valence-electron chi connectivity index (χ4n) is 0.649. The van der Waals surface area contributed by atoms with Crippen LogP contribution in [0.1, 0.15) is 13.8 Å². The van der Waals surface area contributed by atoms with Gasteiger partial charge in [-0.25, -0.2) is 4.79 Å². The second-order valence-electron chi connectivity index (χ2n) is 1.98. The Morgan fingerprint density at radius 3 is 2.25 bits per heavy atom. The molecule has 0 saturated carbocycles. The van der Waals surface area contributed by atoms with Crippen molar-refractivity contribution >= 4 is 5.97 Å². The summed E-state index contributed by atoms with van der Waals surface area (Å²) in [4.78, 5) is 10.1. The van der Waals surface area contributed by atoms with E-state index in [-0.39, 0.29) is 0 Å². The number of ether oxygens (including phenoxy) is 2. The van der Waals surface area contributed by atoms with Crippen molar-refractivity contribution in [1.82, 2.24) is 0 Å². The molecule has 0 aliphatic rings. The van der Waals surface area contributed by atoms with E-state index in [0.29, 0.717) is 13.2 Å². The third-order valence-electron chi connectivity index (χ3n) is 1.06. The Morgan fingerprint density at radius 1 is 1.42 bits per heavy atom. The lowest BCUT2D eigenvalue weighted by Gasteiger charge is -2.11. The van der Waals surface area contributed by atoms with Crippen molar-refractivity contribution < 1.29 is 19.4 Å². The van der Waals surface area contributed by atoms with Gasteiger partial charge in [-0.3, -0.25) is 0 Å². The summed E-state index contributed by atoms with van der Waals surface area (Å²) in [5, 5.41) is 8.30. The molecule has 0 aliphatic carbocycles. The lowest BCUT2D eigenvalue weighted by atomic mass is 10.5. The molecular formula is C8H14O4. The zero-order valence-corrected chi connectivity index (χ0v) is 7.32. The van der Waals surface area contributed by atoms with E-state index in [2.05, 4.69) is 0 Å². The molecule has 0 unspecified atom stereocenters. The monoisotopic (exact) mass is 175 g/mol. The van der Waals surface area contributed by atoms with Gasteiger partial charge in [0.1, 0.15) is 0 Å². The van der Waals surface area contributed by atoms with Gasteiger partial charge >= 0.3 is 5.97 Å². The summed E-state index contributed by atoms with van der Waals surface area (Å²) in [5.41, 5.74) is 0. The standard InChI is InChI=1S/C8H14O4/c1-3-11-8(12-4-2)6-5-7(9)10/h5-6,8H,3-4H2,1-2H3,(H,9,10)/i7+1. The molecule has 4 nitrogen and oxygen atoms in total. The van der Waals surface area contributed by atoms with Gasteiger partial charge in [0.2, 0.25) is 0 Å². The topological polar surface area (TPSA) is 55.8 Å². The maximum atomic E-state index is 10.1. The number of carbonyl (C=O) groups is 1. The molecule has 4 heteroatoms. The molecular weight excluding hydrogens is 161 g/mol. The Morgan fingerprint density at radius 2 is 1.92 bits per heavy atom. The number of rotatable bonds is 6. The number of hydrogen-bond acceptors (Lipinski definition) is 3. The Labute approximate surface area is 71.8 Å². The number of hydrogen-bond donors (Lipinski definition) is 1. The third kappa shape index (κ3) is 5.88. The molecule has 0 aromatic heterocycles. The van der Waals surface area contributed by atoms with Crippen LogP contribution in [-0.2, 0) is 14.3 Å². The first-order valence-electron chi connectivity index (χ1n) is 3.85. The lowest BCUT2D eigenvalue weighted by Crippen LogP contribution is -2.14. The van der Waals surface area contributed by atoms with Crippen LogP contribution in [0.4, 0.5) is 0 Å². The summed E-state index contributed by atoms with van der Waals surface area (Å²) in [6, 6.07) is 0. The summed E-state index contributed by atoms with van der Waals surface area (Å²) in [6.45, 7) is 4.63. The van der Waals surface area contributed by atoms with Crippen molar-refractivity contribution in [3.05, 3.63) is 12.2 Å². The minimum absolute atomic E-state index is 0.495. The van der Waals surface area contributed by atoms with Crippen LogP contribution in [0.5, 0.6) is 0 Å². The fourth-order valence-corrected chi connectivity index (χ4v) is 0.649. The van der Waals surface area contributed by atoms with E-state index < -0.39 is 12.3 Å². The third-order valence-corrected chi connectivity index (χ3v) is 1.06. The van der Waals surface area contributed by atoms with Gasteiger partial charge in [0.15, 0.2) is 6.29 Å². The highest BCUT2D eigenvalue weighted by Crippen LogP contribution is 1.96. The molecule has 0 spiro atoms. The quantitative estimate of drug-likeness (QED) is 0.372. The Balaban J connectivity index is 3.84. The second-order valence-corrected chi connectivity index (χ2v) is 1.98. The van der Waals surface area contributed by atoms with Crippen molar-refractivity contribution in [2.45, 2.75) is 20.1 Å². The van der Waals surface area contributed by atoms with Gasteiger partial charge in [-0.1, -0.05) is 0 Å². The summed E-state index contributed by atoms with van der Waals surface area (Å²) >= 11 is 0. The van der Waals surface area contributed by atoms with Crippen LogP contribution in [0.25, 0.3) is 0 Å². The van der Waals surface area contributed by atoms with Crippen LogP contribution < -0.4 is 0 Å². The Hall–Kier alpha value is -0.870. The van der Waals surface area contributed by atoms with Gasteiger partial charge in [-0.15, -0.1) is 0 Å². The van der Waals surface area contributed by atoms with Crippen molar-refractivity contribution in [3.8, 4) is 0 Å². The Kier molecular flexibility index (Phi) is 6.32. The van der Waals surface area contributed by atoms with E-state index in [1.54, 1.807) is 0 Å². The summed E-state index contributed by atoms with van der Waals surface area (Å²) in [6.07, 6.45) is 1.83. The lowest BCUT2D eigenvalue weighted by molar-refractivity contribution is -0.132. The van der Waals surface area contributed by atoms with Crippen molar-refractivity contribution in [3.63, 3.8) is 0 Å². The highest BCUT2D eigenvalue weighted by Gasteiger charge is 2.02. The molecule has 0 amide bonds. The van der Waals surface area contributed by atoms with Crippen molar-refractivity contribution in [2.75, 3.05) is 13.2 Å². The van der Waals surface area contributed by atoms with Crippen LogP contribution in [0.3, 0.4) is 0 Å². The molecule has 70 valence electrons. The van der Waals surface area contributed by atoms with Crippen molar-refractivity contribution in [1.29, 1.82) is 0 Å². The SMILES string of the molecule is CCOC(C=C[13C](=O)O)OCC. The zero-order chi connectivity index (χ0) is 9.40. The summed E-state index contributed by atoms with van der Waals surface area (Å²) < 4.78 is 10.1. The van der Waals surface area contributed by atoms with Gasteiger partial charge in [-0.05, 0) is 19.9 Å². The van der Waals surface area contributed by atoms with Gasteiger partial charge < -0.3 is 14.6 Å². The molecule has 0 saturated heterocycles. The summed E-state index contributed by atoms with van der Waals surface area (Å²) in [5.74, 6) is -1.00. The highest BCUT2D eigenvalue weighted by atomic mass is 16.7. The smallest absolute Gasteiger partial charge is 0.328 e. The van der Waals surface area contributed by atoms with Gasteiger partial charge in [0.25, 0.3) is 0 Å². The molecule has 0 fully saturated rings. The maximum Gasteiger partial charge on any atom is 0.328 e. The van der Waals surface area contributed by atoms with Gasteiger partial charge in [0.05, 0.1) is 0 Å². The van der Waals surface area contributed by atoms with Crippen LogP contribution in [0.2, 0.25) is 0 Å². The molecule has 0 heterocycles. The first kappa shape index (κ1) is 11.1. The predicted molar refractivity (Wildman–Crippen MR) is 43.8 cm³/mol. The van der Waals surface area contributed by atoms with Crippen LogP contribution in [-0.4, -0.2) is 30.6 Å². The van der Waals surface area contributed by atoms with Crippen LogP contribution in [0.15, 0.2) is 12.2 Å². The molecule has 0 radical (unpaired) electrons. The van der Waals surface area contributed by atoms with Crippen molar-refractivity contribution in [2.24, 2.45) is 0 Å².